The normalized spacial score (nSPS) is 9.67. The maximum atomic E-state index is 10.8. The fourth-order valence-corrected chi connectivity index (χ4v) is 1.55. The third-order valence-corrected chi connectivity index (χ3v) is 2.34. The highest BCUT2D eigenvalue weighted by molar-refractivity contribution is 7.13. The topological polar surface area (TPSA) is 88.5 Å². The molecule has 0 atom stereocenters. The van der Waals surface area contributed by atoms with Crippen LogP contribution in [-0.4, -0.2) is 35.7 Å². The van der Waals surface area contributed by atoms with E-state index in [2.05, 4.69) is 15.0 Å². The molecule has 0 aliphatic rings. The fraction of sp³-hybridized carbons (Fsp3) is 0.375. The van der Waals surface area contributed by atoms with E-state index in [1.807, 2.05) is 0 Å². The number of aromatic nitrogens is 1. The summed E-state index contributed by atoms with van der Waals surface area (Å²) >= 11 is 1.25. The van der Waals surface area contributed by atoms with Crippen LogP contribution in [-0.2, 0) is 20.7 Å². The molecule has 0 aliphatic heterocycles. The van der Waals surface area contributed by atoms with Crippen molar-refractivity contribution < 1.29 is 19.4 Å². The molecule has 1 heterocycles. The number of nitrogens with one attached hydrogen (secondary N) is 1. The summed E-state index contributed by atoms with van der Waals surface area (Å²) in [6.07, 6.45) is -0.115. The fourth-order valence-electron chi connectivity index (χ4n) is 0.844. The number of rotatable bonds is 5. The van der Waals surface area contributed by atoms with Crippen LogP contribution in [0, 0.1) is 0 Å². The molecule has 0 radical (unpaired) electrons. The van der Waals surface area contributed by atoms with E-state index in [4.69, 9.17) is 5.11 Å². The molecule has 0 saturated carbocycles. The van der Waals surface area contributed by atoms with Gasteiger partial charge in [-0.2, -0.15) is 0 Å². The van der Waals surface area contributed by atoms with Gasteiger partial charge in [-0.15, -0.1) is 11.3 Å². The minimum absolute atomic E-state index is 0.0243. The Morgan fingerprint density at radius 1 is 1.67 bits per heavy atom. The minimum atomic E-state index is -0.931. The van der Waals surface area contributed by atoms with Crippen molar-refractivity contribution in [1.82, 2.24) is 4.98 Å². The lowest BCUT2D eigenvalue weighted by atomic mass is 10.3. The Hall–Kier alpha value is -1.63. The van der Waals surface area contributed by atoms with Crippen molar-refractivity contribution in [2.24, 2.45) is 0 Å². The number of ether oxygens (including phenoxy) is 1. The van der Waals surface area contributed by atoms with Gasteiger partial charge < -0.3 is 15.2 Å². The molecule has 15 heavy (non-hydrogen) atoms. The maximum absolute atomic E-state index is 10.8. The number of thiazole rings is 1. The molecule has 1 aromatic rings. The van der Waals surface area contributed by atoms with Gasteiger partial charge in [0.2, 0.25) is 0 Å². The molecule has 0 aromatic carbocycles. The van der Waals surface area contributed by atoms with Crippen molar-refractivity contribution in [2.45, 2.75) is 6.42 Å². The first-order valence-corrected chi connectivity index (χ1v) is 4.96. The monoisotopic (exact) mass is 230 g/mol. The van der Waals surface area contributed by atoms with Crippen molar-refractivity contribution >= 4 is 28.4 Å². The van der Waals surface area contributed by atoms with Crippen LogP contribution in [0.15, 0.2) is 5.38 Å². The van der Waals surface area contributed by atoms with Crippen molar-refractivity contribution in [3.63, 3.8) is 0 Å². The highest BCUT2D eigenvalue weighted by Gasteiger charge is 2.07. The van der Waals surface area contributed by atoms with Crippen LogP contribution in [0.2, 0.25) is 0 Å². The Balaban J connectivity index is 2.46. The SMILES string of the molecule is COC(=O)CNc1nc(CC(=O)O)cs1. The third kappa shape index (κ3) is 3.94. The molecule has 1 aromatic heterocycles. The molecule has 0 saturated heterocycles. The number of carbonyl (C=O) groups is 2. The van der Waals surface area contributed by atoms with Crippen molar-refractivity contribution in [3.05, 3.63) is 11.1 Å². The van der Waals surface area contributed by atoms with Crippen LogP contribution in [0.5, 0.6) is 0 Å². The van der Waals surface area contributed by atoms with Gasteiger partial charge >= 0.3 is 11.9 Å². The second-order valence-electron chi connectivity index (χ2n) is 2.64. The lowest BCUT2D eigenvalue weighted by Crippen LogP contribution is -2.14. The highest BCUT2D eigenvalue weighted by Crippen LogP contribution is 2.15. The number of anilines is 1. The Morgan fingerprint density at radius 2 is 2.40 bits per heavy atom. The van der Waals surface area contributed by atoms with E-state index in [-0.39, 0.29) is 13.0 Å². The number of carboxylic acids is 1. The molecule has 0 spiro atoms. The number of nitrogens with zero attached hydrogens (tertiary/aromatic N) is 1. The first-order valence-electron chi connectivity index (χ1n) is 4.08. The van der Waals surface area contributed by atoms with Gasteiger partial charge in [0.1, 0.15) is 6.54 Å². The van der Waals surface area contributed by atoms with Gasteiger partial charge in [0, 0.05) is 5.38 Å². The molecule has 2 N–H and O–H groups in total. The van der Waals surface area contributed by atoms with Crippen LogP contribution < -0.4 is 5.32 Å². The van der Waals surface area contributed by atoms with Gasteiger partial charge in [0.05, 0.1) is 19.2 Å². The molecule has 0 unspecified atom stereocenters. The van der Waals surface area contributed by atoms with E-state index in [9.17, 15) is 9.59 Å². The first-order chi connectivity index (χ1) is 7.11. The van der Waals surface area contributed by atoms with Gasteiger partial charge in [-0.25, -0.2) is 4.98 Å². The number of carboxylic acid groups (broad SMARTS) is 1. The lowest BCUT2D eigenvalue weighted by molar-refractivity contribution is -0.138. The van der Waals surface area contributed by atoms with Gasteiger partial charge in [0.15, 0.2) is 5.13 Å². The molecule has 6 nitrogen and oxygen atoms in total. The molecule has 0 bridgehead atoms. The van der Waals surface area contributed by atoms with E-state index in [0.717, 1.165) is 0 Å². The number of esters is 1. The average molecular weight is 230 g/mol. The van der Waals surface area contributed by atoms with Crippen LogP contribution in [0.1, 0.15) is 5.69 Å². The molecule has 1 rings (SSSR count). The maximum Gasteiger partial charge on any atom is 0.325 e. The second kappa shape index (κ2) is 5.30. The molecule has 7 heteroatoms. The lowest BCUT2D eigenvalue weighted by Gasteiger charge is -1.99. The molecule has 0 aliphatic carbocycles. The second-order valence-corrected chi connectivity index (χ2v) is 3.50. The Kier molecular flexibility index (Phi) is 4.04. The summed E-state index contributed by atoms with van der Waals surface area (Å²) in [7, 11) is 1.29. The van der Waals surface area contributed by atoms with E-state index in [0.29, 0.717) is 10.8 Å². The van der Waals surface area contributed by atoms with Crippen LogP contribution in [0.4, 0.5) is 5.13 Å². The van der Waals surface area contributed by atoms with Gasteiger partial charge in [-0.05, 0) is 0 Å². The van der Waals surface area contributed by atoms with Crippen molar-refractivity contribution in [3.8, 4) is 0 Å². The number of aliphatic carboxylic acids is 1. The zero-order valence-electron chi connectivity index (χ0n) is 8.02. The predicted octanol–water partition coefficient (Wildman–Crippen LogP) is 0.355. The van der Waals surface area contributed by atoms with E-state index in [1.54, 1.807) is 5.38 Å². The third-order valence-electron chi connectivity index (χ3n) is 1.50. The summed E-state index contributed by atoms with van der Waals surface area (Å²) < 4.78 is 4.42. The molecular weight excluding hydrogens is 220 g/mol. The highest BCUT2D eigenvalue weighted by atomic mass is 32.1. The summed E-state index contributed by atoms with van der Waals surface area (Å²) in [6.45, 7) is 0.0243. The van der Waals surface area contributed by atoms with E-state index >= 15 is 0 Å². The van der Waals surface area contributed by atoms with Gasteiger partial charge in [-0.3, -0.25) is 9.59 Å². The largest absolute Gasteiger partial charge is 0.481 e. The van der Waals surface area contributed by atoms with Crippen LogP contribution in [0.25, 0.3) is 0 Å². The van der Waals surface area contributed by atoms with Gasteiger partial charge in [0.25, 0.3) is 0 Å². The quantitative estimate of drug-likeness (QED) is 0.710. The summed E-state index contributed by atoms with van der Waals surface area (Å²) in [5.41, 5.74) is 0.472. The van der Waals surface area contributed by atoms with E-state index in [1.165, 1.54) is 18.4 Å². The molecule has 0 fully saturated rings. The summed E-state index contributed by atoms with van der Waals surface area (Å²) in [5.74, 6) is -1.33. The van der Waals surface area contributed by atoms with Crippen LogP contribution in [0.3, 0.4) is 0 Å². The molecule has 0 amide bonds. The minimum Gasteiger partial charge on any atom is -0.481 e. The predicted molar refractivity (Wildman–Crippen MR) is 54.0 cm³/mol. The number of carbonyl (C=O) groups excluding carboxylic acids is 1. The molecule has 82 valence electrons. The Morgan fingerprint density at radius 3 is 3.00 bits per heavy atom. The zero-order chi connectivity index (χ0) is 11.3. The first kappa shape index (κ1) is 11.4. The smallest absolute Gasteiger partial charge is 0.325 e. The number of hydrogen-bond acceptors (Lipinski definition) is 6. The summed E-state index contributed by atoms with van der Waals surface area (Å²) in [4.78, 5) is 25.1. The van der Waals surface area contributed by atoms with Crippen molar-refractivity contribution in [2.75, 3.05) is 19.0 Å². The van der Waals surface area contributed by atoms with E-state index < -0.39 is 11.9 Å². The average Bonchev–Trinajstić information content (AvgIpc) is 2.61. The Labute approximate surface area is 89.9 Å². The number of methoxy groups -OCH3 is 1. The number of hydrogen-bond donors (Lipinski definition) is 2. The summed E-state index contributed by atoms with van der Waals surface area (Å²) in [6, 6.07) is 0. The van der Waals surface area contributed by atoms with Gasteiger partial charge in [-0.1, -0.05) is 0 Å². The summed E-state index contributed by atoms with van der Waals surface area (Å²) in [5, 5.41) is 13.4. The van der Waals surface area contributed by atoms with Crippen LogP contribution >= 0.6 is 11.3 Å². The molecular formula is C8H10N2O4S. The zero-order valence-corrected chi connectivity index (χ0v) is 8.84. The standard InChI is InChI=1S/C8H10N2O4S/c1-14-7(13)3-9-8-10-5(4-15-8)2-6(11)12/h4H,2-3H2,1H3,(H,9,10)(H,11,12). The van der Waals surface area contributed by atoms with Crippen molar-refractivity contribution in [1.29, 1.82) is 0 Å². The Bertz CT molecular complexity index is 363.